The lowest BCUT2D eigenvalue weighted by molar-refractivity contribution is 0.370. The van der Waals surface area contributed by atoms with Crippen LogP contribution in [0, 0.1) is 17.0 Å². The molecule has 16 heavy (non-hydrogen) atoms. The first-order chi connectivity index (χ1) is 7.55. The van der Waals surface area contributed by atoms with Gasteiger partial charge in [-0.15, -0.1) is 0 Å². The minimum atomic E-state index is -0.498. The lowest BCUT2D eigenvalue weighted by atomic mass is 9.91. The first-order valence-electron chi connectivity index (χ1n) is 5.74. The Labute approximate surface area is 94.9 Å². The zero-order valence-electron chi connectivity index (χ0n) is 9.69. The summed E-state index contributed by atoms with van der Waals surface area (Å²) in [7, 11) is 0. The Kier molecular flexibility index (Phi) is 2.98. The Morgan fingerprint density at radius 2 is 1.81 bits per heavy atom. The van der Waals surface area contributed by atoms with Gasteiger partial charge in [-0.2, -0.15) is 0 Å². The smallest absolute Gasteiger partial charge is 0.126 e. The summed E-state index contributed by atoms with van der Waals surface area (Å²) >= 11 is 0. The highest BCUT2D eigenvalue weighted by Gasteiger charge is 2.45. The van der Waals surface area contributed by atoms with Crippen molar-refractivity contribution < 1.29 is 8.78 Å². The van der Waals surface area contributed by atoms with Gasteiger partial charge in [-0.05, 0) is 42.5 Å². The van der Waals surface area contributed by atoms with Crippen molar-refractivity contribution >= 4 is 0 Å². The first kappa shape index (κ1) is 11.5. The summed E-state index contributed by atoms with van der Waals surface area (Å²) in [4.78, 5) is 0. The Bertz CT molecular complexity index is 365. The van der Waals surface area contributed by atoms with Crippen LogP contribution in [0.3, 0.4) is 0 Å². The predicted molar refractivity (Wildman–Crippen MR) is 60.1 cm³/mol. The van der Waals surface area contributed by atoms with Gasteiger partial charge in [0.15, 0.2) is 0 Å². The molecular formula is C13H17F2N. The number of hydrogen-bond acceptors (Lipinski definition) is 1. The number of hydrogen-bond donors (Lipinski definition) is 1. The minimum absolute atomic E-state index is 0.0581. The molecule has 0 aliphatic heterocycles. The van der Waals surface area contributed by atoms with Crippen molar-refractivity contribution in [3.8, 4) is 0 Å². The predicted octanol–water partition coefficient (Wildman–Crippen LogP) is 3.42. The molecule has 0 radical (unpaired) electrons. The largest absolute Gasteiger partial charge is 0.310 e. The fraction of sp³-hybridized carbons (Fsp3) is 0.538. The zero-order chi connectivity index (χ0) is 11.8. The summed E-state index contributed by atoms with van der Waals surface area (Å²) < 4.78 is 26.3. The van der Waals surface area contributed by atoms with E-state index in [1.165, 1.54) is 12.1 Å². The van der Waals surface area contributed by atoms with Gasteiger partial charge < -0.3 is 5.32 Å². The summed E-state index contributed by atoms with van der Waals surface area (Å²) in [6.07, 6.45) is 2.23. The molecule has 1 saturated carbocycles. The van der Waals surface area contributed by atoms with Crippen LogP contribution in [-0.2, 0) is 0 Å². The lowest BCUT2D eigenvalue weighted by Gasteiger charge is -2.25. The summed E-state index contributed by atoms with van der Waals surface area (Å²) in [5.74, 6) is -0.996. The van der Waals surface area contributed by atoms with E-state index in [1.54, 1.807) is 0 Å². The third-order valence-corrected chi connectivity index (χ3v) is 3.36. The normalized spacial score (nSPS) is 19.5. The van der Waals surface area contributed by atoms with E-state index in [2.05, 4.69) is 12.2 Å². The summed E-state index contributed by atoms with van der Waals surface area (Å²) in [5.41, 5.74) is 0.885. The highest BCUT2D eigenvalue weighted by molar-refractivity contribution is 5.25. The molecule has 0 amide bonds. The molecule has 0 saturated heterocycles. The Morgan fingerprint density at radius 3 is 2.25 bits per heavy atom. The lowest BCUT2D eigenvalue weighted by Crippen LogP contribution is -2.28. The van der Waals surface area contributed by atoms with Gasteiger partial charge in [-0.3, -0.25) is 0 Å². The number of rotatable bonds is 4. The molecule has 1 atom stereocenters. The van der Waals surface area contributed by atoms with Crippen LogP contribution >= 0.6 is 0 Å². The number of halogens is 2. The van der Waals surface area contributed by atoms with Crippen LogP contribution in [0.5, 0.6) is 0 Å². The van der Waals surface area contributed by atoms with E-state index in [4.69, 9.17) is 0 Å². The average molecular weight is 225 g/mol. The van der Waals surface area contributed by atoms with E-state index in [1.807, 2.05) is 6.92 Å². The maximum absolute atomic E-state index is 13.2. The quantitative estimate of drug-likeness (QED) is 0.828. The number of benzene rings is 1. The van der Waals surface area contributed by atoms with Crippen LogP contribution in [0.15, 0.2) is 18.2 Å². The molecule has 1 aromatic rings. The molecule has 0 aromatic heterocycles. The molecule has 88 valence electrons. The van der Waals surface area contributed by atoms with Gasteiger partial charge in [0.25, 0.3) is 0 Å². The van der Waals surface area contributed by atoms with Crippen molar-refractivity contribution in [1.82, 2.24) is 5.32 Å². The van der Waals surface area contributed by atoms with Gasteiger partial charge in [0.05, 0.1) is 0 Å². The molecule has 2 rings (SSSR count). The van der Waals surface area contributed by atoms with Gasteiger partial charge in [0, 0.05) is 12.1 Å². The summed E-state index contributed by atoms with van der Waals surface area (Å²) in [6.45, 7) is 4.97. The average Bonchev–Trinajstić information content (AvgIpc) is 2.92. The van der Waals surface area contributed by atoms with E-state index in [9.17, 15) is 8.78 Å². The van der Waals surface area contributed by atoms with Gasteiger partial charge >= 0.3 is 0 Å². The molecule has 1 nitrogen and oxygen atoms in total. The minimum Gasteiger partial charge on any atom is -0.310 e. The molecule has 1 fully saturated rings. The molecule has 1 aliphatic carbocycles. The van der Waals surface area contributed by atoms with E-state index in [-0.39, 0.29) is 11.5 Å². The highest BCUT2D eigenvalue weighted by atomic mass is 19.1. The van der Waals surface area contributed by atoms with E-state index in [0.29, 0.717) is 0 Å². The third kappa shape index (κ3) is 2.24. The second kappa shape index (κ2) is 4.13. The van der Waals surface area contributed by atoms with Crippen molar-refractivity contribution in [3.63, 3.8) is 0 Å². The maximum atomic E-state index is 13.2. The second-order valence-electron chi connectivity index (χ2n) is 4.85. The fourth-order valence-corrected chi connectivity index (χ4v) is 2.20. The SMILES string of the molecule is CCNC(c1cc(F)cc(F)c1)C1(C)CC1. The Balaban J connectivity index is 2.31. The molecule has 1 N–H and O–H groups in total. The van der Waals surface area contributed by atoms with Crippen molar-refractivity contribution in [2.24, 2.45) is 5.41 Å². The van der Waals surface area contributed by atoms with Gasteiger partial charge in [-0.25, -0.2) is 8.78 Å². The molecule has 1 unspecified atom stereocenters. The van der Waals surface area contributed by atoms with Crippen LogP contribution in [0.4, 0.5) is 8.78 Å². The Morgan fingerprint density at radius 1 is 1.25 bits per heavy atom. The highest BCUT2D eigenvalue weighted by Crippen LogP contribution is 2.54. The molecule has 0 spiro atoms. The van der Waals surface area contributed by atoms with E-state index < -0.39 is 11.6 Å². The summed E-state index contributed by atoms with van der Waals surface area (Å²) in [6, 6.07) is 3.84. The topological polar surface area (TPSA) is 12.0 Å². The van der Waals surface area contributed by atoms with E-state index in [0.717, 1.165) is 31.0 Å². The van der Waals surface area contributed by atoms with Gasteiger partial charge in [-0.1, -0.05) is 13.8 Å². The first-order valence-corrected chi connectivity index (χ1v) is 5.74. The zero-order valence-corrected chi connectivity index (χ0v) is 9.69. The van der Waals surface area contributed by atoms with Crippen LogP contribution in [0.25, 0.3) is 0 Å². The molecule has 1 aliphatic rings. The van der Waals surface area contributed by atoms with Gasteiger partial charge in [0.2, 0.25) is 0 Å². The van der Waals surface area contributed by atoms with Crippen molar-refractivity contribution in [2.75, 3.05) is 6.54 Å². The van der Waals surface area contributed by atoms with Crippen LogP contribution in [0.2, 0.25) is 0 Å². The van der Waals surface area contributed by atoms with Crippen LogP contribution < -0.4 is 5.32 Å². The monoisotopic (exact) mass is 225 g/mol. The van der Waals surface area contributed by atoms with Crippen molar-refractivity contribution in [2.45, 2.75) is 32.7 Å². The fourth-order valence-electron chi connectivity index (χ4n) is 2.20. The third-order valence-electron chi connectivity index (χ3n) is 3.36. The van der Waals surface area contributed by atoms with Crippen LogP contribution in [0.1, 0.15) is 38.3 Å². The molecule has 0 heterocycles. The molecule has 1 aromatic carbocycles. The molecular weight excluding hydrogens is 208 g/mol. The maximum Gasteiger partial charge on any atom is 0.126 e. The summed E-state index contributed by atoms with van der Waals surface area (Å²) in [5, 5.41) is 3.32. The second-order valence-corrected chi connectivity index (χ2v) is 4.85. The van der Waals surface area contributed by atoms with Crippen molar-refractivity contribution in [3.05, 3.63) is 35.4 Å². The number of nitrogens with one attached hydrogen (secondary N) is 1. The standard InChI is InChI=1S/C13H17F2N/c1-3-16-12(13(2)4-5-13)9-6-10(14)8-11(15)7-9/h6-8,12,16H,3-5H2,1-2H3. The molecule has 3 heteroatoms. The van der Waals surface area contributed by atoms with Gasteiger partial charge in [0.1, 0.15) is 11.6 Å². The van der Waals surface area contributed by atoms with Crippen LogP contribution in [-0.4, -0.2) is 6.54 Å². The van der Waals surface area contributed by atoms with Crippen molar-refractivity contribution in [1.29, 1.82) is 0 Å². The van der Waals surface area contributed by atoms with E-state index >= 15 is 0 Å². The molecule has 0 bridgehead atoms. The Hall–Kier alpha value is -0.960.